The van der Waals surface area contributed by atoms with E-state index < -0.39 is 12.6 Å². The predicted octanol–water partition coefficient (Wildman–Crippen LogP) is 3.39. The Labute approximate surface area is 162 Å². The van der Waals surface area contributed by atoms with E-state index in [1.165, 1.54) is 6.07 Å². The Kier molecular flexibility index (Phi) is 6.03. The number of benzene rings is 2. The van der Waals surface area contributed by atoms with Crippen LogP contribution in [0.5, 0.6) is 23.0 Å². The van der Waals surface area contributed by atoms with Gasteiger partial charge >= 0.3 is 11.9 Å². The number of rotatable bonds is 8. The van der Waals surface area contributed by atoms with Crippen molar-refractivity contribution in [1.82, 2.24) is 0 Å². The molecule has 7 nitrogen and oxygen atoms in total. The summed E-state index contributed by atoms with van der Waals surface area (Å²) in [5, 5.41) is 8.74. The van der Waals surface area contributed by atoms with E-state index in [-0.39, 0.29) is 18.3 Å². The van der Waals surface area contributed by atoms with Crippen LogP contribution in [0.25, 0.3) is 0 Å². The number of carbonyl (C=O) groups is 2. The lowest BCUT2D eigenvalue weighted by atomic mass is 9.86. The summed E-state index contributed by atoms with van der Waals surface area (Å²) in [4.78, 5) is 22.8. The van der Waals surface area contributed by atoms with Gasteiger partial charge in [0.05, 0.1) is 20.1 Å². The van der Waals surface area contributed by atoms with Crippen LogP contribution < -0.4 is 18.9 Å². The van der Waals surface area contributed by atoms with Crippen molar-refractivity contribution >= 4 is 11.9 Å². The first-order valence-electron chi connectivity index (χ1n) is 9.01. The van der Waals surface area contributed by atoms with Crippen LogP contribution in [0, 0.1) is 0 Å². The molecule has 7 heteroatoms. The van der Waals surface area contributed by atoms with Gasteiger partial charge in [-0.25, -0.2) is 4.79 Å². The Morgan fingerprint density at radius 1 is 1.18 bits per heavy atom. The molecule has 0 bridgehead atoms. The van der Waals surface area contributed by atoms with Crippen LogP contribution >= 0.6 is 0 Å². The highest BCUT2D eigenvalue weighted by atomic mass is 16.5. The van der Waals surface area contributed by atoms with Crippen molar-refractivity contribution in [3.63, 3.8) is 0 Å². The molecule has 0 aliphatic carbocycles. The van der Waals surface area contributed by atoms with Crippen molar-refractivity contribution < 1.29 is 33.6 Å². The van der Waals surface area contributed by atoms with Crippen molar-refractivity contribution in [2.24, 2.45) is 0 Å². The van der Waals surface area contributed by atoms with Gasteiger partial charge in [0.1, 0.15) is 11.5 Å². The summed E-state index contributed by atoms with van der Waals surface area (Å²) in [6.07, 6.45) is 1.08. The number of carboxylic acids is 1. The van der Waals surface area contributed by atoms with E-state index in [1.54, 1.807) is 19.2 Å². The van der Waals surface area contributed by atoms with Gasteiger partial charge in [0.2, 0.25) is 0 Å². The molecule has 0 aromatic heterocycles. The summed E-state index contributed by atoms with van der Waals surface area (Å²) >= 11 is 0. The number of hydrogen-bond donors (Lipinski definition) is 1. The van der Waals surface area contributed by atoms with Crippen LogP contribution in [0.4, 0.5) is 0 Å². The van der Waals surface area contributed by atoms with Gasteiger partial charge in [-0.3, -0.25) is 4.79 Å². The molecule has 148 valence electrons. The second-order valence-electron chi connectivity index (χ2n) is 6.37. The third-order valence-corrected chi connectivity index (χ3v) is 4.37. The second kappa shape index (κ2) is 8.65. The summed E-state index contributed by atoms with van der Waals surface area (Å²) in [6, 6.07) is 10.6. The van der Waals surface area contributed by atoms with Gasteiger partial charge in [-0.2, -0.15) is 0 Å². The lowest BCUT2D eigenvalue weighted by molar-refractivity contribution is -0.139. The van der Waals surface area contributed by atoms with E-state index in [0.29, 0.717) is 29.6 Å². The standard InChI is InChI=1S/C21H22O7/c1-3-8-26-17-7-4-13(9-19(17)25-2)16-11-21(24)28-18-10-14(5-6-15(16)18)27-12-20(22)23/h4-7,9-10,16H,3,8,11-12H2,1-2H3,(H,22,23). The fourth-order valence-electron chi connectivity index (χ4n) is 3.10. The zero-order valence-electron chi connectivity index (χ0n) is 15.8. The zero-order chi connectivity index (χ0) is 20.1. The SMILES string of the molecule is CCCOc1ccc(C2CC(=O)Oc3cc(OCC(=O)O)ccc32)cc1OC. The maximum absolute atomic E-state index is 12.1. The van der Waals surface area contributed by atoms with Gasteiger partial charge in [0, 0.05) is 17.5 Å². The van der Waals surface area contributed by atoms with E-state index >= 15 is 0 Å². The molecule has 0 spiro atoms. The number of esters is 1. The maximum Gasteiger partial charge on any atom is 0.341 e. The zero-order valence-corrected chi connectivity index (χ0v) is 15.8. The highest BCUT2D eigenvalue weighted by Gasteiger charge is 2.29. The average Bonchev–Trinajstić information content (AvgIpc) is 2.69. The maximum atomic E-state index is 12.1. The van der Waals surface area contributed by atoms with E-state index in [9.17, 15) is 9.59 Å². The molecule has 2 aromatic rings. The molecule has 28 heavy (non-hydrogen) atoms. The molecule has 0 saturated heterocycles. The lowest BCUT2D eigenvalue weighted by Gasteiger charge is -2.26. The fourth-order valence-corrected chi connectivity index (χ4v) is 3.10. The topological polar surface area (TPSA) is 91.3 Å². The normalized spacial score (nSPS) is 15.4. The molecule has 1 aliphatic rings. The first-order chi connectivity index (χ1) is 13.5. The Bertz CT molecular complexity index is 875. The largest absolute Gasteiger partial charge is 0.493 e. The van der Waals surface area contributed by atoms with Gasteiger partial charge in [0.15, 0.2) is 18.1 Å². The highest BCUT2D eigenvalue weighted by molar-refractivity contribution is 5.78. The Hall–Kier alpha value is -3.22. The summed E-state index contributed by atoms with van der Waals surface area (Å²) < 4.78 is 21.7. The van der Waals surface area contributed by atoms with E-state index in [1.807, 2.05) is 25.1 Å². The lowest BCUT2D eigenvalue weighted by Crippen LogP contribution is -2.21. The number of ether oxygens (including phenoxy) is 4. The Morgan fingerprint density at radius 2 is 2.00 bits per heavy atom. The molecule has 0 amide bonds. The molecule has 1 aliphatic heterocycles. The van der Waals surface area contributed by atoms with Crippen molar-refractivity contribution in [1.29, 1.82) is 0 Å². The molecule has 0 fully saturated rings. The molecule has 1 heterocycles. The summed E-state index contributed by atoms with van der Waals surface area (Å²) in [7, 11) is 1.58. The quantitative estimate of drug-likeness (QED) is 0.549. The van der Waals surface area contributed by atoms with Crippen molar-refractivity contribution in [3.8, 4) is 23.0 Å². The predicted molar refractivity (Wildman–Crippen MR) is 100 cm³/mol. The van der Waals surface area contributed by atoms with Crippen LogP contribution in [-0.2, 0) is 9.59 Å². The van der Waals surface area contributed by atoms with E-state index in [4.69, 9.17) is 24.1 Å². The highest BCUT2D eigenvalue weighted by Crippen LogP contribution is 2.42. The van der Waals surface area contributed by atoms with Crippen LogP contribution in [0.15, 0.2) is 36.4 Å². The summed E-state index contributed by atoms with van der Waals surface area (Å²) in [5.41, 5.74) is 1.73. The van der Waals surface area contributed by atoms with Crippen LogP contribution in [0.2, 0.25) is 0 Å². The minimum absolute atomic E-state index is 0.195. The van der Waals surface area contributed by atoms with E-state index in [0.717, 1.165) is 17.5 Å². The van der Waals surface area contributed by atoms with Crippen LogP contribution in [-0.4, -0.2) is 37.4 Å². The molecule has 1 N–H and O–H groups in total. The third kappa shape index (κ3) is 4.36. The monoisotopic (exact) mass is 386 g/mol. The fraction of sp³-hybridized carbons (Fsp3) is 0.333. The molecule has 1 unspecified atom stereocenters. The van der Waals surface area contributed by atoms with Gasteiger partial charge in [-0.15, -0.1) is 0 Å². The second-order valence-corrected chi connectivity index (χ2v) is 6.37. The number of hydrogen-bond acceptors (Lipinski definition) is 6. The molecule has 0 radical (unpaired) electrons. The van der Waals surface area contributed by atoms with Gasteiger partial charge < -0.3 is 24.1 Å². The molecular weight excluding hydrogens is 364 g/mol. The molecule has 0 saturated carbocycles. The van der Waals surface area contributed by atoms with Crippen LogP contribution in [0.1, 0.15) is 36.8 Å². The summed E-state index contributed by atoms with van der Waals surface area (Å²) in [6.45, 7) is 2.15. The average molecular weight is 386 g/mol. The van der Waals surface area contributed by atoms with Crippen LogP contribution in [0.3, 0.4) is 0 Å². The van der Waals surface area contributed by atoms with Crippen molar-refractivity contribution in [2.75, 3.05) is 20.3 Å². The van der Waals surface area contributed by atoms with Gasteiger partial charge in [-0.1, -0.05) is 19.1 Å². The molecule has 3 rings (SSSR count). The third-order valence-electron chi connectivity index (χ3n) is 4.37. The number of carboxylic acid groups (broad SMARTS) is 1. The van der Waals surface area contributed by atoms with E-state index in [2.05, 4.69) is 0 Å². The molecular formula is C21H22O7. The number of aliphatic carboxylic acids is 1. The Balaban J connectivity index is 1.91. The van der Waals surface area contributed by atoms with Crippen molar-refractivity contribution in [3.05, 3.63) is 47.5 Å². The minimum atomic E-state index is -1.08. The minimum Gasteiger partial charge on any atom is -0.493 e. The molecule has 2 aromatic carbocycles. The number of fused-ring (bicyclic) bond motifs is 1. The number of carbonyl (C=O) groups excluding carboxylic acids is 1. The summed E-state index contributed by atoms with van der Waals surface area (Å²) in [5.74, 6) is 0.309. The number of methoxy groups -OCH3 is 1. The molecule has 1 atom stereocenters. The first-order valence-corrected chi connectivity index (χ1v) is 9.01. The van der Waals surface area contributed by atoms with Crippen molar-refractivity contribution in [2.45, 2.75) is 25.7 Å². The van der Waals surface area contributed by atoms with Gasteiger partial charge in [0.25, 0.3) is 0 Å². The first kappa shape index (κ1) is 19.5. The van der Waals surface area contributed by atoms with Gasteiger partial charge in [-0.05, 0) is 30.2 Å². The Morgan fingerprint density at radius 3 is 2.71 bits per heavy atom. The smallest absolute Gasteiger partial charge is 0.341 e.